The number of thiophene rings is 1. The Morgan fingerprint density at radius 2 is 2.12 bits per heavy atom. The van der Waals surface area contributed by atoms with Crippen LogP contribution in [0, 0.1) is 0 Å². The first-order valence-electron chi connectivity index (χ1n) is 4.53. The summed E-state index contributed by atoms with van der Waals surface area (Å²) in [7, 11) is 3.96. The molecule has 0 spiro atoms. The van der Waals surface area contributed by atoms with Crippen molar-refractivity contribution in [3.8, 4) is 0 Å². The molecule has 2 rings (SSSR count). The molecule has 0 fully saturated rings. The maximum Gasteiger partial charge on any atom is 0.208 e. The molecule has 0 amide bonds. The summed E-state index contributed by atoms with van der Waals surface area (Å²) >= 11 is 8.58. The van der Waals surface area contributed by atoms with Gasteiger partial charge in [0, 0.05) is 24.7 Å². The van der Waals surface area contributed by atoms with Crippen molar-refractivity contribution in [3.63, 3.8) is 0 Å². The molecule has 0 saturated carbocycles. The Morgan fingerprint density at radius 3 is 2.69 bits per heavy atom. The van der Waals surface area contributed by atoms with Crippen LogP contribution in [0.15, 0.2) is 20.3 Å². The van der Waals surface area contributed by atoms with Gasteiger partial charge in [-0.3, -0.25) is 0 Å². The molecule has 0 bridgehead atoms. The molecule has 0 atom stereocenters. The molecule has 16 heavy (non-hydrogen) atoms. The quantitative estimate of drug-likeness (QED) is 0.796. The number of thioether (sulfide) groups is 1. The lowest BCUT2D eigenvalue weighted by molar-refractivity contribution is 0.973. The zero-order chi connectivity index (χ0) is 11.5. The predicted molar refractivity (Wildman–Crippen MR) is 75.8 cm³/mol. The summed E-state index contributed by atoms with van der Waals surface area (Å²) in [6.45, 7) is 0. The van der Waals surface area contributed by atoms with Crippen molar-refractivity contribution in [1.82, 2.24) is 10.2 Å². The summed E-state index contributed by atoms with van der Waals surface area (Å²) in [6, 6.07) is 4.21. The van der Waals surface area contributed by atoms with Crippen LogP contribution in [0.3, 0.4) is 0 Å². The molecule has 0 N–H and O–H groups in total. The maximum atomic E-state index is 4.14. The van der Waals surface area contributed by atoms with E-state index in [2.05, 4.69) is 38.3 Å². The fraction of sp³-hybridized carbons (Fsp3) is 0.333. The second-order valence-electron chi connectivity index (χ2n) is 3.24. The van der Waals surface area contributed by atoms with Crippen molar-refractivity contribution in [2.24, 2.45) is 0 Å². The Labute approximate surface area is 115 Å². The molecule has 86 valence electrons. The number of hydrogen-bond donors (Lipinski definition) is 0. The lowest BCUT2D eigenvalue weighted by Gasteiger charge is -2.03. The number of anilines is 1. The summed E-state index contributed by atoms with van der Waals surface area (Å²) in [4.78, 5) is 3.32. The fourth-order valence-corrected chi connectivity index (χ4v) is 4.29. The van der Waals surface area contributed by atoms with Gasteiger partial charge in [0.05, 0.1) is 3.79 Å². The van der Waals surface area contributed by atoms with Crippen LogP contribution >= 0.6 is 50.4 Å². The molecule has 2 aromatic heterocycles. The number of rotatable bonds is 4. The molecule has 0 aromatic carbocycles. The largest absolute Gasteiger partial charge is 0.353 e. The average molecular weight is 336 g/mol. The fourth-order valence-electron chi connectivity index (χ4n) is 1.00. The molecule has 0 aliphatic carbocycles. The van der Waals surface area contributed by atoms with Crippen molar-refractivity contribution in [2.75, 3.05) is 19.0 Å². The van der Waals surface area contributed by atoms with Crippen LogP contribution in [-0.4, -0.2) is 24.3 Å². The van der Waals surface area contributed by atoms with Gasteiger partial charge in [0.25, 0.3) is 0 Å². The van der Waals surface area contributed by atoms with Crippen LogP contribution in [-0.2, 0) is 5.75 Å². The summed E-state index contributed by atoms with van der Waals surface area (Å²) in [5.74, 6) is 0.957. The van der Waals surface area contributed by atoms with E-state index in [1.165, 1.54) is 8.66 Å². The van der Waals surface area contributed by atoms with Gasteiger partial charge >= 0.3 is 0 Å². The number of aromatic nitrogens is 2. The summed E-state index contributed by atoms with van der Waals surface area (Å²) in [6.07, 6.45) is 0. The van der Waals surface area contributed by atoms with Crippen LogP contribution in [0.25, 0.3) is 0 Å². The van der Waals surface area contributed by atoms with E-state index in [0.29, 0.717) is 0 Å². The Kier molecular flexibility index (Phi) is 4.23. The maximum absolute atomic E-state index is 4.14. The highest BCUT2D eigenvalue weighted by atomic mass is 79.9. The van der Waals surface area contributed by atoms with Gasteiger partial charge in [0.15, 0.2) is 4.34 Å². The molecular weight excluding hydrogens is 326 g/mol. The highest BCUT2D eigenvalue weighted by Crippen LogP contribution is 2.32. The Balaban J connectivity index is 1.94. The molecule has 0 radical (unpaired) electrons. The van der Waals surface area contributed by atoms with E-state index in [1.54, 1.807) is 34.4 Å². The first kappa shape index (κ1) is 12.3. The van der Waals surface area contributed by atoms with E-state index in [0.717, 1.165) is 15.2 Å². The van der Waals surface area contributed by atoms with E-state index in [9.17, 15) is 0 Å². The molecule has 2 heterocycles. The van der Waals surface area contributed by atoms with Crippen molar-refractivity contribution >= 4 is 55.5 Å². The van der Waals surface area contributed by atoms with Crippen LogP contribution in [0.2, 0.25) is 0 Å². The third kappa shape index (κ3) is 3.19. The van der Waals surface area contributed by atoms with Gasteiger partial charge in [-0.1, -0.05) is 23.1 Å². The molecule has 0 saturated heterocycles. The van der Waals surface area contributed by atoms with Gasteiger partial charge in [-0.25, -0.2) is 0 Å². The van der Waals surface area contributed by atoms with E-state index in [4.69, 9.17) is 0 Å². The Morgan fingerprint density at radius 1 is 1.31 bits per heavy atom. The highest BCUT2D eigenvalue weighted by Gasteiger charge is 2.07. The smallest absolute Gasteiger partial charge is 0.208 e. The molecule has 7 heteroatoms. The van der Waals surface area contributed by atoms with E-state index < -0.39 is 0 Å². The SMILES string of the molecule is CN(C)c1nnc(SCc2ccc(Br)s2)s1. The van der Waals surface area contributed by atoms with Crippen LogP contribution in [0.4, 0.5) is 5.13 Å². The van der Waals surface area contributed by atoms with Crippen molar-refractivity contribution in [2.45, 2.75) is 10.1 Å². The summed E-state index contributed by atoms with van der Waals surface area (Å²) in [5, 5.41) is 9.20. The molecule has 2 aromatic rings. The topological polar surface area (TPSA) is 29.0 Å². The van der Waals surface area contributed by atoms with Gasteiger partial charge in [0.1, 0.15) is 0 Å². The van der Waals surface area contributed by atoms with Crippen LogP contribution < -0.4 is 4.90 Å². The van der Waals surface area contributed by atoms with Gasteiger partial charge in [-0.2, -0.15) is 0 Å². The highest BCUT2D eigenvalue weighted by molar-refractivity contribution is 9.11. The Hall–Kier alpha value is -0.110. The average Bonchev–Trinajstić information content (AvgIpc) is 2.83. The lowest BCUT2D eigenvalue weighted by atomic mass is 10.5. The second-order valence-corrected chi connectivity index (χ2v) is 7.97. The molecule has 3 nitrogen and oxygen atoms in total. The van der Waals surface area contributed by atoms with Gasteiger partial charge in [-0.05, 0) is 28.1 Å². The number of nitrogens with zero attached hydrogens (tertiary/aromatic N) is 3. The van der Waals surface area contributed by atoms with E-state index >= 15 is 0 Å². The zero-order valence-electron chi connectivity index (χ0n) is 8.81. The normalized spacial score (nSPS) is 10.7. The Bertz CT molecular complexity index is 466. The minimum absolute atomic E-state index is 0.954. The predicted octanol–water partition coefficient (Wildman–Crippen LogP) is 3.72. The first-order chi connectivity index (χ1) is 7.65. The zero-order valence-corrected chi connectivity index (χ0v) is 12.8. The monoisotopic (exact) mass is 335 g/mol. The molecule has 0 aliphatic rings. The third-order valence-corrected chi connectivity index (χ3v) is 5.82. The molecule has 0 unspecified atom stereocenters. The van der Waals surface area contributed by atoms with E-state index in [1.807, 2.05) is 19.0 Å². The van der Waals surface area contributed by atoms with Crippen molar-refractivity contribution in [1.29, 1.82) is 0 Å². The third-order valence-electron chi connectivity index (χ3n) is 1.75. The van der Waals surface area contributed by atoms with Gasteiger partial charge in [-0.15, -0.1) is 21.5 Å². The second kappa shape index (κ2) is 5.48. The van der Waals surface area contributed by atoms with Gasteiger partial charge < -0.3 is 4.90 Å². The molecule has 0 aliphatic heterocycles. The summed E-state index contributed by atoms with van der Waals surface area (Å²) in [5.41, 5.74) is 0. The summed E-state index contributed by atoms with van der Waals surface area (Å²) < 4.78 is 2.20. The van der Waals surface area contributed by atoms with Crippen LogP contribution in [0.1, 0.15) is 4.88 Å². The first-order valence-corrected chi connectivity index (χ1v) is 7.94. The van der Waals surface area contributed by atoms with E-state index in [-0.39, 0.29) is 0 Å². The number of halogens is 1. The van der Waals surface area contributed by atoms with Crippen LogP contribution in [0.5, 0.6) is 0 Å². The lowest BCUT2D eigenvalue weighted by Crippen LogP contribution is -2.07. The minimum atomic E-state index is 0.954. The molecular formula is C9H10BrN3S3. The van der Waals surface area contributed by atoms with Crippen molar-refractivity contribution in [3.05, 3.63) is 20.8 Å². The number of hydrogen-bond acceptors (Lipinski definition) is 6. The minimum Gasteiger partial charge on any atom is -0.353 e. The standard InChI is InChI=1S/C9H10BrN3S3/c1-13(2)8-11-12-9(16-8)14-5-6-3-4-7(10)15-6/h3-4H,5H2,1-2H3. The van der Waals surface area contributed by atoms with Crippen molar-refractivity contribution < 1.29 is 0 Å². The van der Waals surface area contributed by atoms with Gasteiger partial charge in [0.2, 0.25) is 5.13 Å².